The number of methoxy groups -OCH3 is 1. The van der Waals surface area contributed by atoms with Gasteiger partial charge in [-0.05, 0) is 30.3 Å². The maximum absolute atomic E-state index is 12.2. The molecule has 1 aromatic carbocycles. The Labute approximate surface area is 171 Å². The van der Waals surface area contributed by atoms with Gasteiger partial charge < -0.3 is 20.7 Å². The number of rotatable bonds is 9. The smallest absolute Gasteiger partial charge is 0.257 e. The van der Waals surface area contributed by atoms with E-state index in [1.807, 2.05) is 0 Å². The molecule has 2 rings (SSSR count). The summed E-state index contributed by atoms with van der Waals surface area (Å²) in [5.74, 6) is -0.459. The first-order valence-electron chi connectivity index (χ1n) is 8.00. The third-order valence-corrected chi connectivity index (χ3v) is 3.38. The molecule has 1 aromatic heterocycles. The van der Waals surface area contributed by atoms with Gasteiger partial charge in [0, 0.05) is 50.4 Å². The maximum Gasteiger partial charge on any atom is 0.257 e. The zero-order chi connectivity index (χ0) is 17.9. The van der Waals surface area contributed by atoms with Gasteiger partial charge in [0.2, 0.25) is 0 Å². The third-order valence-electron chi connectivity index (χ3n) is 3.38. The van der Waals surface area contributed by atoms with Crippen LogP contribution in [-0.4, -0.2) is 50.1 Å². The molecule has 148 valence electrons. The van der Waals surface area contributed by atoms with Gasteiger partial charge in [0.15, 0.2) is 0 Å². The summed E-state index contributed by atoms with van der Waals surface area (Å²) in [4.78, 5) is 28.2. The Balaban J connectivity index is 0.00000338. The van der Waals surface area contributed by atoms with E-state index in [9.17, 15) is 9.59 Å². The van der Waals surface area contributed by atoms with Gasteiger partial charge in [-0.1, -0.05) is 6.07 Å². The minimum Gasteiger partial charge on any atom is -0.383 e. The molecule has 0 aliphatic heterocycles. The van der Waals surface area contributed by atoms with Crippen molar-refractivity contribution in [1.29, 1.82) is 0 Å². The Morgan fingerprint density at radius 3 is 2.48 bits per heavy atom. The van der Waals surface area contributed by atoms with Crippen molar-refractivity contribution < 1.29 is 14.3 Å². The highest BCUT2D eigenvalue weighted by molar-refractivity contribution is 6.04. The molecule has 3 N–H and O–H groups in total. The number of halogens is 2. The maximum atomic E-state index is 12.2. The van der Waals surface area contributed by atoms with E-state index in [2.05, 4.69) is 20.9 Å². The third kappa shape index (κ3) is 8.83. The average Bonchev–Trinajstić information content (AvgIpc) is 2.65. The lowest BCUT2D eigenvalue weighted by Crippen LogP contribution is -2.33. The summed E-state index contributed by atoms with van der Waals surface area (Å²) < 4.78 is 4.93. The van der Waals surface area contributed by atoms with Crippen molar-refractivity contribution in [2.24, 2.45) is 0 Å². The largest absolute Gasteiger partial charge is 0.383 e. The fourth-order valence-electron chi connectivity index (χ4n) is 2.10. The number of hydrogen-bond donors (Lipinski definition) is 3. The summed E-state index contributed by atoms with van der Waals surface area (Å²) in [6, 6.07) is 10.2. The van der Waals surface area contributed by atoms with Gasteiger partial charge in [-0.25, -0.2) is 0 Å². The number of hydrogen-bond acceptors (Lipinski definition) is 5. The second-order valence-electron chi connectivity index (χ2n) is 5.28. The molecule has 0 fully saturated rings. The average molecular weight is 415 g/mol. The second kappa shape index (κ2) is 13.9. The molecule has 0 unspecified atom stereocenters. The minimum absolute atomic E-state index is 0. The highest BCUT2D eigenvalue weighted by Gasteiger charge is 2.09. The van der Waals surface area contributed by atoms with E-state index in [4.69, 9.17) is 4.74 Å². The molecule has 0 atom stereocenters. The first-order valence-corrected chi connectivity index (χ1v) is 8.00. The number of nitrogens with one attached hydrogen (secondary N) is 3. The van der Waals surface area contributed by atoms with E-state index in [0.717, 1.165) is 6.54 Å². The molecule has 2 amide bonds. The number of anilines is 1. The molecule has 0 aliphatic carbocycles. The monoisotopic (exact) mass is 414 g/mol. The normalized spacial score (nSPS) is 9.52. The van der Waals surface area contributed by atoms with Crippen molar-refractivity contribution in [3.05, 3.63) is 59.9 Å². The molecule has 9 heteroatoms. The van der Waals surface area contributed by atoms with Gasteiger partial charge in [0.25, 0.3) is 11.8 Å². The number of aromatic nitrogens is 1. The van der Waals surface area contributed by atoms with Crippen molar-refractivity contribution >= 4 is 42.3 Å². The summed E-state index contributed by atoms with van der Waals surface area (Å²) >= 11 is 0. The fourth-order valence-corrected chi connectivity index (χ4v) is 2.10. The highest BCUT2D eigenvalue weighted by atomic mass is 35.5. The van der Waals surface area contributed by atoms with Crippen LogP contribution in [0.25, 0.3) is 0 Å². The Morgan fingerprint density at radius 1 is 1.00 bits per heavy atom. The van der Waals surface area contributed by atoms with Crippen LogP contribution in [0, 0.1) is 0 Å². The number of ether oxygens (including phenoxy) is 1. The minimum atomic E-state index is -0.270. The van der Waals surface area contributed by atoms with Crippen LogP contribution in [0.3, 0.4) is 0 Å². The summed E-state index contributed by atoms with van der Waals surface area (Å²) in [6.45, 7) is 2.54. The molecule has 0 aliphatic rings. The molecule has 0 spiro atoms. The molecule has 27 heavy (non-hydrogen) atoms. The molecular formula is C18H24Cl2N4O3. The van der Waals surface area contributed by atoms with Crippen molar-refractivity contribution in [2.45, 2.75) is 0 Å². The van der Waals surface area contributed by atoms with Crippen LogP contribution in [-0.2, 0) is 4.74 Å². The standard InChI is InChI=1S/C18H22N4O3.2ClH/c1-25-11-10-19-8-9-21-17(23)14-4-2-6-16(12-14)22-18(24)15-5-3-7-20-13-15;;/h2-7,12-13,19H,8-11H2,1H3,(H,21,23)(H,22,24);2*1H. The van der Waals surface area contributed by atoms with Gasteiger partial charge in [-0.15, -0.1) is 24.8 Å². The van der Waals surface area contributed by atoms with Gasteiger partial charge in [-0.3, -0.25) is 14.6 Å². The topological polar surface area (TPSA) is 92.4 Å². The first kappa shape index (κ1) is 24.8. The van der Waals surface area contributed by atoms with E-state index in [0.29, 0.717) is 36.5 Å². The van der Waals surface area contributed by atoms with Gasteiger partial charge in [-0.2, -0.15) is 0 Å². The van der Waals surface area contributed by atoms with Crippen molar-refractivity contribution in [2.75, 3.05) is 38.7 Å². The lowest BCUT2D eigenvalue weighted by atomic mass is 10.1. The van der Waals surface area contributed by atoms with Crippen LogP contribution in [0.5, 0.6) is 0 Å². The van der Waals surface area contributed by atoms with Crippen LogP contribution in [0.15, 0.2) is 48.8 Å². The van der Waals surface area contributed by atoms with Crippen LogP contribution >= 0.6 is 24.8 Å². The molecule has 0 saturated heterocycles. The molecular weight excluding hydrogens is 391 g/mol. The summed E-state index contributed by atoms with van der Waals surface area (Å²) in [5.41, 5.74) is 1.50. The Bertz CT molecular complexity index is 702. The fraction of sp³-hybridized carbons (Fsp3) is 0.278. The zero-order valence-corrected chi connectivity index (χ0v) is 16.6. The number of carbonyl (C=O) groups excluding carboxylic acids is 2. The lowest BCUT2D eigenvalue weighted by Gasteiger charge is -2.09. The zero-order valence-electron chi connectivity index (χ0n) is 14.9. The molecule has 0 bridgehead atoms. The number of benzene rings is 1. The highest BCUT2D eigenvalue weighted by Crippen LogP contribution is 2.12. The Kier molecular flexibility index (Phi) is 12.8. The van der Waals surface area contributed by atoms with Crippen LogP contribution in [0.4, 0.5) is 5.69 Å². The van der Waals surface area contributed by atoms with Crippen LogP contribution in [0.2, 0.25) is 0 Å². The number of amides is 2. The lowest BCUT2D eigenvalue weighted by molar-refractivity contribution is 0.0952. The van der Waals surface area contributed by atoms with E-state index in [-0.39, 0.29) is 36.6 Å². The second-order valence-corrected chi connectivity index (χ2v) is 5.28. The molecule has 1 heterocycles. The van der Waals surface area contributed by atoms with E-state index >= 15 is 0 Å². The number of carbonyl (C=O) groups is 2. The molecule has 7 nitrogen and oxygen atoms in total. The van der Waals surface area contributed by atoms with E-state index < -0.39 is 0 Å². The van der Waals surface area contributed by atoms with E-state index in [1.165, 1.54) is 6.20 Å². The van der Waals surface area contributed by atoms with Crippen molar-refractivity contribution in [3.63, 3.8) is 0 Å². The molecule has 0 saturated carbocycles. The number of pyridine rings is 1. The quantitative estimate of drug-likeness (QED) is 0.546. The number of nitrogens with zero attached hydrogens (tertiary/aromatic N) is 1. The SMILES string of the molecule is COCCNCCNC(=O)c1cccc(NC(=O)c2cccnc2)c1.Cl.Cl. The van der Waals surface area contributed by atoms with Gasteiger partial charge in [0.1, 0.15) is 0 Å². The summed E-state index contributed by atoms with van der Waals surface area (Å²) in [6.07, 6.45) is 3.09. The molecule has 0 radical (unpaired) electrons. The summed E-state index contributed by atoms with van der Waals surface area (Å²) in [5, 5.41) is 8.73. The van der Waals surface area contributed by atoms with Crippen LogP contribution in [0.1, 0.15) is 20.7 Å². The predicted molar refractivity (Wildman–Crippen MR) is 110 cm³/mol. The van der Waals surface area contributed by atoms with Gasteiger partial charge in [0.05, 0.1) is 12.2 Å². The van der Waals surface area contributed by atoms with Crippen LogP contribution < -0.4 is 16.0 Å². The molecule has 2 aromatic rings. The first-order chi connectivity index (χ1) is 12.2. The van der Waals surface area contributed by atoms with E-state index in [1.54, 1.807) is 49.7 Å². The van der Waals surface area contributed by atoms with Gasteiger partial charge >= 0.3 is 0 Å². The Hall–Kier alpha value is -2.19. The predicted octanol–water partition coefficient (Wildman–Crippen LogP) is 2.14. The van der Waals surface area contributed by atoms with Crippen molar-refractivity contribution in [3.8, 4) is 0 Å². The summed E-state index contributed by atoms with van der Waals surface area (Å²) in [7, 11) is 1.64. The Morgan fingerprint density at radius 2 is 1.78 bits per heavy atom. The van der Waals surface area contributed by atoms with Crippen molar-refractivity contribution in [1.82, 2.24) is 15.6 Å².